The molecule has 4 atom stereocenters. The Kier molecular flexibility index (Phi) is 5.25. The fourth-order valence-corrected chi connectivity index (χ4v) is 2.70. The van der Waals surface area contributed by atoms with Gasteiger partial charge in [0.2, 0.25) is 5.60 Å². The Morgan fingerprint density at radius 2 is 2.10 bits per heavy atom. The first kappa shape index (κ1) is 17.8. The molecular weight excluding hydrogens is 300 g/mol. The average molecular weight is 321 g/mol. The van der Waals surface area contributed by atoms with Crippen LogP contribution in [0.2, 0.25) is 0 Å². The molecule has 1 heterocycles. The van der Waals surface area contributed by atoms with E-state index in [-0.39, 0.29) is 12.3 Å². The first-order chi connectivity index (χ1) is 9.57. The maximum Gasteiger partial charge on any atom is 0.351 e. The number of ether oxygens (including phenoxy) is 3. The van der Waals surface area contributed by atoms with Gasteiger partial charge >= 0.3 is 17.9 Å². The third-order valence-electron chi connectivity index (χ3n) is 4.05. The maximum absolute atomic E-state index is 12.3. The Hall–Kier alpha value is -1.30. The van der Waals surface area contributed by atoms with E-state index in [1.807, 2.05) is 0 Å². The van der Waals surface area contributed by atoms with E-state index in [0.717, 1.165) is 0 Å². The summed E-state index contributed by atoms with van der Waals surface area (Å²) in [5.74, 6) is -2.14. The highest BCUT2D eigenvalue weighted by Gasteiger charge is 2.57. The van der Waals surface area contributed by atoms with E-state index in [1.54, 1.807) is 13.8 Å². The van der Waals surface area contributed by atoms with Crippen LogP contribution in [0.1, 0.15) is 40.5 Å². The zero-order chi connectivity index (χ0) is 16.4. The zero-order valence-corrected chi connectivity index (χ0v) is 13.7. The monoisotopic (exact) mass is 320 g/mol. The summed E-state index contributed by atoms with van der Waals surface area (Å²) < 4.78 is 15.2. The summed E-state index contributed by atoms with van der Waals surface area (Å²) in [6.07, 6.45) is 0.155. The van der Waals surface area contributed by atoms with Gasteiger partial charge in [0, 0.05) is 12.8 Å². The highest BCUT2D eigenvalue weighted by molar-refractivity contribution is 6.21. The molecule has 0 amide bonds. The molecule has 0 N–H and O–H groups in total. The number of halogens is 1. The molecule has 1 fully saturated rings. The van der Waals surface area contributed by atoms with Crippen LogP contribution < -0.4 is 0 Å². The van der Waals surface area contributed by atoms with Gasteiger partial charge in [0.05, 0.1) is 18.9 Å². The summed E-state index contributed by atoms with van der Waals surface area (Å²) in [5.41, 5.74) is -2.54. The third kappa shape index (κ3) is 3.48. The number of carbonyl (C=O) groups is 3. The van der Waals surface area contributed by atoms with Gasteiger partial charge in [-0.3, -0.25) is 9.59 Å². The summed E-state index contributed by atoms with van der Waals surface area (Å²) >= 11 is 6.15. The van der Waals surface area contributed by atoms with Gasteiger partial charge in [0.25, 0.3) is 0 Å². The minimum Gasteiger partial charge on any atom is -0.469 e. The molecule has 0 aromatic carbocycles. The molecule has 0 radical (unpaired) electrons. The molecular formula is C14H21ClO6. The molecule has 21 heavy (non-hydrogen) atoms. The van der Waals surface area contributed by atoms with Crippen molar-refractivity contribution in [2.45, 2.75) is 57.1 Å². The molecule has 0 aromatic rings. The van der Waals surface area contributed by atoms with Crippen molar-refractivity contribution in [3.63, 3.8) is 0 Å². The normalized spacial score (nSPS) is 33.8. The second-order valence-electron chi connectivity index (χ2n) is 5.63. The van der Waals surface area contributed by atoms with Gasteiger partial charge < -0.3 is 14.2 Å². The minimum atomic E-state index is -1.38. The lowest BCUT2D eigenvalue weighted by atomic mass is 9.75. The van der Waals surface area contributed by atoms with E-state index in [2.05, 4.69) is 4.74 Å². The van der Waals surface area contributed by atoms with Gasteiger partial charge in [-0.25, -0.2) is 4.79 Å². The lowest BCUT2D eigenvalue weighted by Crippen LogP contribution is -2.60. The Bertz CT molecular complexity index is 449. The first-order valence-corrected chi connectivity index (χ1v) is 7.15. The molecule has 7 heteroatoms. The minimum absolute atomic E-state index is 0.138. The highest BCUT2D eigenvalue weighted by Crippen LogP contribution is 2.43. The van der Waals surface area contributed by atoms with Gasteiger partial charge in [-0.2, -0.15) is 0 Å². The summed E-state index contributed by atoms with van der Waals surface area (Å²) in [4.78, 5) is 35.1. The van der Waals surface area contributed by atoms with Gasteiger partial charge in [0.15, 0.2) is 0 Å². The fraction of sp³-hybridized carbons (Fsp3) is 0.786. The van der Waals surface area contributed by atoms with Crippen LogP contribution in [0.15, 0.2) is 0 Å². The van der Waals surface area contributed by atoms with Crippen molar-refractivity contribution in [1.82, 2.24) is 0 Å². The van der Waals surface area contributed by atoms with Crippen LogP contribution in [-0.2, 0) is 28.6 Å². The number of hydrogen-bond donors (Lipinski definition) is 0. The number of rotatable bonds is 4. The predicted octanol–water partition coefficient (Wildman–Crippen LogP) is 1.82. The molecule has 1 saturated heterocycles. The zero-order valence-electron chi connectivity index (χ0n) is 12.9. The van der Waals surface area contributed by atoms with Crippen molar-refractivity contribution in [2.75, 3.05) is 7.11 Å². The maximum atomic E-state index is 12.3. The molecule has 120 valence electrons. The van der Waals surface area contributed by atoms with E-state index in [1.165, 1.54) is 21.0 Å². The van der Waals surface area contributed by atoms with Crippen molar-refractivity contribution < 1.29 is 28.6 Å². The summed E-state index contributed by atoms with van der Waals surface area (Å²) in [6, 6.07) is 0. The van der Waals surface area contributed by atoms with Crippen LogP contribution in [0, 0.1) is 5.92 Å². The molecule has 0 aliphatic carbocycles. The smallest absolute Gasteiger partial charge is 0.351 e. The van der Waals surface area contributed by atoms with E-state index < -0.39 is 34.5 Å². The van der Waals surface area contributed by atoms with Gasteiger partial charge in [0.1, 0.15) is 5.60 Å². The molecule has 0 aromatic heterocycles. The first-order valence-electron chi connectivity index (χ1n) is 6.71. The van der Waals surface area contributed by atoms with Crippen LogP contribution in [0.4, 0.5) is 0 Å². The van der Waals surface area contributed by atoms with E-state index in [9.17, 15) is 14.4 Å². The number of alkyl halides is 1. The molecule has 0 saturated carbocycles. The molecule has 0 spiro atoms. The standard InChI is InChI=1S/C14H21ClO6/c1-8-6-14(9(2)15,7-11(17)19-5)21-12(18)13(8,4)20-10(3)16/h8-9H,6-7H2,1-5H3. The van der Waals surface area contributed by atoms with Crippen molar-refractivity contribution >= 4 is 29.5 Å². The number of methoxy groups -OCH3 is 1. The largest absolute Gasteiger partial charge is 0.469 e. The Morgan fingerprint density at radius 3 is 2.48 bits per heavy atom. The lowest BCUT2D eigenvalue weighted by Gasteiger charge is -2.47. The molecule has 0 bridgehead atoms. The predicted molar refractivity (Wildman–Crippen MR) is 74.7 cm³/mol. The summed E-state index contributed by atoms with van der Waals surface area (Å²) in [6.45, 7) is 6.14. The van der Waals surface area contributed by atoms with E-state index in [0.29, 0.717) is 6.42 Å². The van der Waals surface area contributed by atoms with Gasteiger partial charge in [-0.15, -0.1) is 11.6 Å². The van der Waals surface area contributed by atoms with Gasteiger partial charge in [-0.05, 0) is 20.3 Å². The molecule has 6 nitrogen and oxygen atoms in total. The third-order valence-corrected chi connectivity index (χ3v) is 4.44. The fourth-order valence-electron chi connectivity index (χ4n) is 2.49. The van der Waals surface area contributed by atoms with Crippen LogP contribution >= 0.6 is 11.6 Å². The highest BCUT2D eigenvalue weighted by atomic mass is 35.5. The Morgan fingerprint density at radius 1 is 1.52 bits per heavy atom. The van der Waals surface area contributed by atoms with Crippen molar-refractivity contribution in [2.24, 2.45) is 5.92 Å². The Labute approximate surface area is 129 Å². The number of hydrogen-bond acceptors (Lipinski definition) is 6. The van der Waals surface area contributed by atoms with Crippen LogP contribution in [0.5, 0.6) is 0 Å². The van der Waals surface area contributed by atoms with Crippen molar-refractivity contribution in [3.8, 4) is 0 Å². The van der Waals surface area contributed by atoms with Gasteiger partial charge in [-0.1, -0.05) is 6.92 Å². The summed E-state index contributed by atoms with van der Waals surface area (Å²) in [5, 5.41) is -0.593. The second-order valence-corrected chi connectivity index (χ2v) is 6.28. The lowest BCUT2D eigenvalue weighted by molar-refractivity contribution is -0.217. The Balaban J connectivity index is 3.08. The van der Waals surface area contributed by atoms with E-state index in [4.69, 9.17) is 21.1 Å². The second kappa shape index (κ2) is 6.22. The van der Waals surface area contributed by atoms with Crippen LogP contribution in [0.25, 0.3) is 0 Å². The quantitative estimate of drug-likeness (QED) is 0.446. The SMILES string of the molecule is COC(=O)CC1(C(C)Cl)CC(C)C(C)(OC(C)=O)C(=O)O1. The van der Waals surface area contributed by atoms with Crippen molar-refractivity contribution in [1.29, 1.82) is 0 Å². The average Bonchev–Trinajstić information content (AvgIpc) is 2.35. The molecule has 1 aliphatic heterocycles. The topological polar surface area (TPSA) is 78.9 Å². The number of carbonyl (C=O) groups excluding carboxylic acids is 3. The number of esters is 3. The molecule has 4 unspecified atom stereocenters. The van der Waals surface area contributed by atoms with Crippen molar-refractivity contribution in [3.05, 3.63) is 0 Å². The van der Waals surface area contributed by atoms with Crippen LogP contribution in [-0.4, -0.2) is 41.6 Å². The summed E-state index contributed by atoms with van der Waals surface area (Å²) in [7, 11) is 1.26. The number of cyclic esters (lactones) is 1. The van der Waals surface area contributed by atoms with Crippen LogP contribution in [0.3, 0.4) is 0 Å². The van der Waals surface area contributed by atoms with E-state index >= 15 is 0 Å². The molecule has 1 rings (SSSR count). The molecule has 1 aliphatic rings.